The van der Waals surface area contributed by atoms with Crippen molar-refractivity contribution in [3.8, 4) is 5.75 Å². The summed E-state index contributed by atoms with van der Waals surface area (Å²) in [5.74, 6) is -0.720. The SMILES string of the molecule is Cc1ccc(OC[C@@H](C)C(N)=O)cc1F. The van der Waals surface area contributed by atoms with Gasteiger partial charge in [-0.15, -0.1) is 0 Å². The van der Waals surface area contributed by atoms with Gasteiger partial charge in [0.15, 0.2) is 0 Å². The van der Waals surface area contributed by atoms with Crippen LogP contribution in [0.2, 0.25) is 0 Å². The van der Waals surface area contributed by atoms with Crippen LogP contribution in [-0.4, -0.2) is 12.5 Å². The van der Waals surface area contributed by atoms with Gasteiger partial charge in [0.25, 0.3) is 0 Å². The molecule has 1 rings (SSSR count). The highest BCUT2D eigenvalue weighted by molar-refractivity contribution is 5.76. The molecule has 3 nitrogen and oxygen atoms in total. The Balaban J connectivity index is 2.58. The quantitative estimate of drug-likeness (QED) is 0.823. The van der Waals surface area contributed by atoms with Crippen molar-refractivity contribution in [1.82, 2.24) is 0 Å². The number of primary amides is 1. The smallest absolute Gasteiger partial charge is 0.223 e. The van der Waals surface area contributed by atoms with Crippen LogP contribution in [0.25, 0.3) is 0 Å². The average Bonchev–Trinajstić information content (AvgIpc) is 2.19. The minimum atomic E-state index is -0.428. The van der Waals surface area contributed by atoms with Crippen molar-refractivity contribution < 1.29 is 13.9 Å². The monoisotopic (exact) mass is 211 g/mol. The van der Waals surface area contributed by atoms with Crippen molar-refractivity contribution in [1.29, 1.82) is 0 Å². The first-order valence-corrected chi connectivity index (χ1v) is 4.69. The molecule has 1 atom stereocenters. The van der Waals surface area contributed by atoms with E-state index in [1.807, 2.05) is 0 Å². The van der Waals surface area contributed by atoms with E-state index >= 15 is 0 Å². The van der Waals surface area contributed by atoms with E-state index in [1.165, 1.54) is 6.07 Å². The Morgan fingerprint density at radius 3 is 2.80 bits per heavy atom. The van der Waals surface area contributed by atoms with E-state index in [-0.39, 0.29) is 18.3 Å². The van der Waals surface area contributed by atoms with Gasteiger partial charge in [-0.1, -0.05) is 13.0 Å². The van der Waals surface area contributed by atoms with Gasteiger partial charge in [-0.2, -0.15) is 0 Å². The second-order valence-corrected chi connectivity index (χ2v) is 3.53. The third kappa shape index (κ3) is 3.23. The molecule has 0 aliphatic heterocycles. The molecule has 1 aromatic rings. The number of hydrogen-bond acceptors (Lipinski definition) is 2. The number of aryl methyl sites for hydroxylation is 1. The molecule has 82 valence electrons. The van der Waals surface area contributed by atoms with Crippen LogP contribution in [0.5, 0.6) is 5.75 Å². The second kappa shape index (κ2) is 4.77. The molecule has 1 amide bonds. The zero-order valence-corrected chi connectivity index (χ0v) is 8.79. The van der Waals surface area contributed by atoms with Gasteiger partial charge in [0, 0.05) is 6.07 Å². The van der Waals surface area contributed by atoms with Crippen molar-refractivity contribution in [3.63, 3.8) is 0 Å². The van der Waals surface area contributed by atoms with Gasteiger partial charge in [-0.05, 0) is 18.6 Å². The third-order valence-corrected chi connectivity index (χ3v) is 2.13. The lowest BCUT2D eigenvalue weighted by atomic mass is 10.2. The minimum absolute atomic E-state index is 0.165. The number of amides is 1. The molecule has 0 aromatic heterocycles. The average molecular weight is 211 g/mol. The van der Waals surface area contributed by atoms with E-state index in [9.17, 15) is 9.18 Å². The number of rotatable bonds is 4. The van der Waals surface area contributed by atoms with Crippen molar-refractivity contribution >= 4 is 5.91 Å². The third-order valence-electron chi connectivity index (χ3n) is 2.13. The van der Waals surface area contributed by atoms with Crippen molar-refractivity contribution in [2.75, 3.05) is 6.61 Å². The van der Waals surface area contributed by atoms with E-state index in [2.05, 4.69) is 0 Å². The van der Waals surface area contributed by atoms with E-state index in [0.717, 1.165) is 0 Å². The summed E-state index contributed by atoms with van der Waals surface area (Å²) < 4.78 is 18.3. The first-order valence-electron chi connectivity index (χ1n) is 4.69. The van der Waals surface area contributed by atoms with Crippen LogP contribution in [-0.2, 0) is 4.79 Å². The second-order valence-electron chi connectivity index (χ2n) is 3.53. The van der Waals surface area contributed by atoms with Crippen molar-refractivity contribution in [2.45, 2.75) is 13.8 Å². The molecule has 0 saturated carbocycles. The lowest BCUT2D eigenvalue weighted by molar-refractivity contribution is -0.122. The fourth-order valence-corrected chi connectivity index (χ4v) is 0.967. The molecule has 0 aliphatic rings. The molecule has 0 radical (unpaired) electrons. The fraction of sp³-hybridized carbons (Fsp3) is 0.364. The molecule has 0 saturated heterocycles. The maximum atomic E-state index is 13.1. The molecule has 0 heterocycles. The fourth-order valence-electron chi connectivity index (χ4n) is 0.967. The molecule has 1 aromatic carbocycles. The number of carbonyl (C=O) groups is 1. The van der Waals surface area contributed by atoms with Crippen LogP contribution in [0.15, 0.2) is 18.2 Å². The summed E-state index contributed by atoms with van der Waals surface area (Å²) in [6.07, 6.45) is 0. The molecule has 15 heavy (non-hydrogen) atoms. The Hall–Kier alpha value is -1.58. The minimum Gasteiger partial charge on any atom is -0.493 e. The number of ether oxygens (including phenoxy) is 1. The van der Waals surface area contributed by atoms with Crippen LogP contribution in [0.3, 0.4) is 0 Å². The maximum Gasteiger partial charge on any atom is 0.223 e. The Labute approximate surface area is 88.0 Å². The predicted molar refractivity (Wildman–Crippen MR) is 55.0 cm³/mol. The van der Waals surface area contributed by atoms with Gasteiger partial charge < -0.3 is 10.5 Å². The number of carbonyl (C=O) groups excluding carboxylic acids is 1. The summed E-state index contributed by atoms with van der Waals surface area (Å²) in [7, 11) is 0. The molecule has 0 unspecified atom stereocenters. The maximum absolute atomic E-state index is 13.1. The van der Waals surface area contributed by atoms with E-state index < -0.39 is 5.91 Å². The zero-order valence-electron chi connectivity index (χ0n) is 8.79. The van der Waals surface area contributed by atoms with Gasteiger partial charge in [0.2, 0.25) is 5.91 Å². The Bertz CT molecular complexity index is 366. The Kier molecular flexibility index (Phi) is 3.66. The first kappa shape index (κ1) is 11.5. The lowest BCUT2D eigenvalue weighted by Crippen LogP contribution is -2.25. The molecule has 2 N–H and O–H groups in total. The largest absolute Gasteiger partial charge is 0.493 e. The van der Waals surface area contributed by atoms with Crippen molar-refractivity contribution in [3.05, 3.63) is 29.6 Å². The highest BCUT2D eigenvalue weighted by Crippen LogP contribution is 2.16. The number of benzene rings is 1. The van der Waals surface area contributed by atoms with Crippen LogP contribution >= 0.6 is 0 Å². The number of nitrogens with two attached hydrogens (primary N) is 1. The first-order chi connectivity index (χ1) is 7.00. The molecular formula is C11H14FNO2. The highest BCUT2D eigenvalue weighted by Gasteiger charge is 2.09. The summed E-state index contributed by atoms with van der Waals surface area (Å²) in [5, 5.41) is 0. The number of hydrogen-bond donors (Lipinski definition) is 1. The molecule has 4 heteroatoms. The van der Waals surface area contributed by atoms with Gasteiger partial charge in [0.05, 0.1) is 12.5 Å². The molecule has 0 aliphatic carbocycles. The lowest BCUT2D eigenvalue weighted by Gasteiger charge is -2.10. The zero-order chi connectivity index (χ0) is 11.4. The van der Waals surface area contributed by atoms with Crippen molar-refractivity contribution in [2.24, 2.45) is 11.7 Å². The summed E-state index contributed by atoms with van der Waals surface area (Å²) in [5.41, 5.74) is 5.62. The normalized spacial score (nSPS) is 12.2. The molecular weight excluding hydrogens is 197 g/mol. The summed E-state index contributed by atoms with van der Waals surface area (Å²) in [6.45, 7) is 3.50. The van der Waals surface area contributed by atoms with Gasteiger partial charge in [-0.3, -0.25) is 4.79 Å². The summed E-state index contributed by atoms with van der Waals surface area (Å²) in [4.78, 5) is 10.7. The van der Waals surface area contributed by atoms with E-state index in [4.69, 9.17) is 10.5 Å². The summed E-state index contributed by atoms with van der Waals surface area (Å²) >= 11 is 0. The topological polar surface area (TPSA) is 52.3 Å². The predicted octanol–water partition coefficient (Wildman–Crippen LogP) is 1.63. The standard InChI is InChI=1S/C11H14FNO2/c1-7-3-4-9(5-10(7)12)15-6-8(2)11(13)14/h3-5,8H,6H2,1-2H3,(H2,13,14)/t8-/m1/s1. The van der Waals surface area contributed by atoms with Crippen LogP contribution < -0.4 is 10.5 Å². The van der Waals surface area contributed by atoms with Gasteiger partial charge in [-0.25, -0.2) is 4.39 Å². The number of halogens is 1. The van der Waals surface area contributed by atoms with Gasteiger partial charge in [0.1, 0.15) is 11.6 Å². The van der Waals surface area contributed by atoms with Gasteiger partial charge >= 0.3 is 0 Å². The highest BCUT2D eigenvalue weighted by atomic mass is 19.1. The molecule has 0 spiro atoms. The van der Waals surface area contributed by atoms with Crippen LogP contribution in [0.1, 0.15) is 12.5 Å². The molecule has 0 bridgehead atoms. The molecule has 0 fully saturated rings. The van der Waals surface area contributed by atoms with Crippen LogP contribution in [0, 0.1) is 18.7 Å². The Morgan fingerprint density at radius 2 is 2.27 bits per heavy atom. The van der Waals surface area contributed by atoms with E-state index in [1.54, 1.807) is 26.0 Å². The van der Waals surface area contributed by atoms with Crippen LogP contribution in [0.4, 0.5) is 4.39 Å². The Morgan fingerprint density at radius 1 is 1.60 bits per heavy atom. The summed E-state index contributed by atoms with van der Waals surface area (Å²) in [6, 6.07) is 4.58. The van der Waals surface area contributed by atoms with E-state index in [0.29, 0.717) is 11.3 Å².